The van der Waals surface area contributed by atoms with Crippen LogP contribution in [-0.2, 0) is 10.5 Å². The number of fused-ring (bicyclic) bond motifs is 1. The summed E-state index contributed by atoms with van der Waals surface area (Å²) in [5.41, 5.74) is 1.01. The monoisotopic (exact) mass is 382 g/mol. The lowest BCUT2D eigenvalue weighted by Crippen LogP contribution is -2.54. The topological polar surface area (TPSA) is 91.1 Å². The molecule has 9 heteroatoms. The van der Waals surface area contributed by atoms with Crippen molar-refractivity contribution in [3.63, 3.8) is 0 Å². The molecule has 0 radical (unpaired) electrons. The van der Waals surface area contributed by atoms with Gasteiger partial charge in [0.25, 0.3) is 11.7 Å². The van der Waals surface area contributed by atoms with Crippen molar-refractivity contribution in [2.75, 3.05) is 14.1 Å². The van der Waals surface area contributed by atoms with E-state index in [9.17, 15) is 9.59 Å². The first kappa shape index (κ1) is 17.3. The van der Waals surface area contributed by atoms with Gasteiger partial charge in [0, 0.05) is 18.1 Å². The van der Waals surface area contributed by atoms with Crippen LogP contribution in [0, 0.1) is 5.92 Å². The van der Waals surface area contributed by atoms with Crippen molar-refractivity contribution in [3.8, 4) is 0 Å². The normalized spacial score (nSPS) is 19.8. The lowest BCUT2D eigenvalue weighted by atomic mass is 10.0. The van der Waals surface area contributed by atoms with Crippen molar-refractivity contribution in [2.24, 2.45) is 15.9 Å². The van der Waals surface area contributed by atoms with Gasteiger partial charge in [-0.15, -0.1) is 11.8 Å². The molecule has 0 aromatic carbocycles. The molecular weight excluding hydrogens is 366 g/mol. The van der Waals surface area contributed by atoms with Crippen LogP contribution in [0.3, 0.4) is 0 Å². The smallest absolute Gasteiger partial charge is 0.445 e. The Labute approximate surface area is 159 Å². The molecule has 3 amide bonds. The summed E-state index contributed by atoms with van der Waals surface area (Å²) in [5.74, 6) is 0.727. The fraction of sp³-hybridized carbons (Fsp3) is 0.222. The first-order valence-electron chi connectivity index (χ1n) is 8.21. The Hall–Kier alpha value is -3.07. The van der Waals surface area contributed by atoms with Gasteiger partial charge in [-0.1, -0.05) is 11.1 Å². The molecule has 2 aromatic heterocycles. The number of pyridine rings is 1. The van der Waals surface area contributed by atoms with Gasteiger partial charge < -0.3 is 4.42 Å². The highest BCUT2D eigenvalue weighted by atomic mass is 32.2. The summed E-state index contributed by atoms with van der Waals surface area (Å²) in [6, 6.07) is 6.87. The molecular formula is C18H16N5O3S+. The lowest BCUT2D eigenvalue weighted by Gasteiger charge is -2.26. The second-order valence-corrected chi connectivity index (χ2v) is 7.04. The molecule has 136 valence electrons. The number of aromatic nitrogens is 1. The number of aliphatic imine (C=N–C) groups is 2. The number of hydrogen-bond acceptors (Lipinski definition) is 7. The van der Waals surface area contributed by atoms with Crippen LogP contribution >= 0.6 is 11.8 Å². The van der Waals surface area contributed by atoms with Crippen molar-refractivity contribution in [1.29, 1.82) is 0 Å². The fourth-order valence-electron chi connectivity index (χ4n) is 2.85. The molecule has 2 aliphatic rings. The molecule has 1 atom stereocenters. The van der Waals surface area contributed by atoms with E-state index < -0.39 is 11.9 Å². The van der Waals surface area contributed by atoms with E-state index in [0.29, 0.717) is 28.2 Å². The van der Waals surface area contributed by atoms with Crippen LogP contribution in [0.2, 0.25) is 0 Å². The predicted molar refractivity (Wildman–Crippen MR) is 101 cm³/mol. The van der Waals surface area contributed by atoms with E-state index in [1.165, 1.54) is 29.6 Å². The third-order valence-corrected chi connectivity index (χ3v) is 5.39. The molecule has 27 heavy (non-hydrogen) atoms. The standard InChI is InChI=1S/C18H16N5O3S/c1-22-15-13(17(24)23(2)18(22)25)16(27-10-11-5-3-7-19-9-11)21-14(20-15)12-6-4-8-26-12/h3-9,13H,10H2,1-2H3/q+1. The average molecular weight is 382 g/mol. The summed E-state index contributed by atoms with van der Waals surface area (Å²) in [6.45, 7) is 0. The zero-order valence-corrected chi connectivity index (χ0v) is 15.5. The molecule has 1 unspecified atom stereocenters. The van der Waals surface area contributed by atoms with Gasteiger partial charge in [0.15, 0.2) is 11.7 Å². The number of nitrogens with zero attached hydrogens (tertiary/aromatic N) is 5. The molecule has 0 bridgehead atoms. The van der Waals surface area contributed by atoms with Gasteiger partial charge in [-0.3, -0.25) is 9.78 Å². The number of hydrogen-bond donors (Lipinski definition) is 0. The number of furan rings is 1. The van der Waals surface area contributed by atoms with Gasteiger partial charge in [-0.2, -0.15) is 9.48 Å². The highest BCUT2D eigenvalue weighted by Crippen LogP contribution is 2.28. The maximum atomic E-state index is 12.8. The van der Waals surface area contributed by atoms with Crippen LogP contribution in [0.5, 0.6) is 0 Å². The Bertz CT molecular complexity index is 995. The van der Waals surface area contributed by atoms with E-state index in [0.717, 1.165) is 10.5 Å². The summed E-state index contributed by atoms with van der Waals surface area (Å²) in [5, 5.41) is 0.575. The molecule has 2 aromatic rings. The minimum absolute atomic E-state index is 0.340. The Morgan fingerprint density at radius 3 is 2.81 bits per heavy atom. The number of amides is 3. The Morgan fingerprint density at radius 1 is 1.26 bits per heavy atom. The van der Waals surface area contributed by atoms with Gasteiger partial charge in [-0.05, 0) is 23.8 Å². The van der Waals surface area contributed by atoms with Crippen LogP contribution in [0.15, 0.2) is 57.3 Å². The minimum Gasteiger partial charge on any atom is -0.459 e. The number of amidine groups is 2. The maximum Gasteiger partial charge on any atom is 0.445 e. The summed E-state index contributed by atoms with van der Waals surface area (Å²) >= 11 is 1.43. The molecule has 0 saturated heterocycles. The molecule has 0 saturated carbocycles. The molecule has 8 nitrogen and oxygen atoms in total. The van der Waals surface area contributed by atoms with E-state index in [1.807, 2.05) is 12.1 Å². The van der Waals surface area contributed by atoms with E-state index >= 15 is 0 Å². The van der Waals surface area contributed by atoms with Gasteiger partial charge in [-0.25, -0.2) is 9.79 Å². The van der Waals surface area contributed by atoms with Crippen molar-refractivity contribution in [3.05, 3.63) is 54.2 Å². The van der Waals surface area contributed by atoms with Crippen molar-refractivity contribution >= 4 is 40.4 Å². The Balaban J connectivity index is 1.76. The SMILES string of the molecule is CN1C(=O)C2C(SCc3cccnc3)=NC(c3ccco3)=NC2=[N+](C)C1=O. The quantitative estimate of drug-likeness (QED) is 0.758. The highest BCUT2D eigenvalue weighted by Gasteiger charge is 2.49. The summed E-state index contributed by atoms with van der Waals surface area (Å²) in [7, 11) is 3.07. The van der Waals surface area contributed by atoms with Crippen molar-refractivity contribution in [1.82, 2.24) is 9.88 Å². The van der Waals surface area contributed by atoms with Crippen molar-refractivity contribution < 1.29 is 18.6 Å². The van der Waals surface area contributed by atoms with Crippen LogP contribution in [0.25, 0.3) is 0 Å². The number of imide groups is 1. The third-order valence-electron chi connectivity index (χ3n) is 4.29. The molecule has 2 aliphatic heterocycles. The van der Waals surface area contributed by atoms with Gasteiger partial charge in [0.2, 0.25) is 0 Å². The first-order chi connectivity index (χ1) is 13.1. The zero-order chi connectivity index (χ0) is 19.0. The second kappa shape index (κ2) is 6.92. The molecule has 0 aliphatic carbocycles. The molecule has 4 heterocycles. The van der Waals surface area contributed by atoms with E-state index in [1.54, 1.807) is 31.6 Å². The summed E-state index contributed by atoms with van der Waals surface area (Å²) in [6.07, 6.45) is 5.01. The Morgan fingerprint density at radius 2 is 2.11 bits per heavy atom. The molecule has 0 N–H and O–H groups in total. The van der Waals surface area contributed by atoms with Gasteiger partial charge >= 0.3 is 11.9 Å². The number of carbonyl (C=O) groups is 2. The van der Waals surface area contributed by atoms with Gasteiger partial charge in [0.05, 0.1) is 20.4 Å². The third kappa shape index (κ3) is 3.10. The van der Waals surface area contributed by atoms with Crippen LogP contribution in [-0.4, -0.2) is 57.2 Å². The summed E-state index contributed by atoms with van der Waals surface area (Å²) in [4.78, 5) is 39.4. The highest BCUT2D eigenvalue weighted by molar-refractivity contribution is 8.13. The number of carbonyl (C=O) groups excluding carboxylic acids is 2. The predicted octanol–water partition coefficient (Wildman–Crippen LogP) is 2.02. The van der Waals surface area contributed by atoms with E-state index in [4.69, 9.17) is 4.42 Å². The molecule has 0 fully saturated rings. The van der Waals surface area contributed by atoms with Crippen LogP contribution in [0.1, 0.15) is 11.3 Å². The Kier molecular flexibility index (Phi) is 4.44. The van der Waals surface area contributed by atoms with Crippen molar-refractivity contribution in [2.45, 2.75) is 5.75 Å². The maximum absolute atomic E-state index is 12.8. The summed E-state index contributed by atoms with van der Waals surface area (Å²) < 4.78 is 6.79. The lowest BCUT2D eigenvalue weighted by molar-refractivity contribution is -0.407. The largest absolute Gasteiger partial charge is 0.459 e. The number of thioether (sulfide) groups is 1. The second-order valence-electron chi connectivity index (χ2n) is 6.04. The zero-order valence-electron chi connectivity index (χ0n) is 14.7. The first-order valence-corrected chi connectivity index (χ1v) is 9.20. The van der Waals surface area contributed by atoms with E-state index in [2.05, 4.69) is 15.0 Å². The number of urea groups is 1. The van der Waals surface area contributed by atoms with E-state index in [-0.39, 0.29) is 5.91 Å². The van der Waals surface area contributed by atoms with Crippen LogP contribution in [0.4, 0.5) is 4.79 Å². The molecule has 4 rings (SSSR count). The van der Waals surface area contributed by atoms with Gasteiger partial charge in [0.1, 0.15) is 5.04 Å². The molecule has 0 spiro atoms. The van der Waals surface area contributed by atoms with Crippen LogP contribution < -0.4 is 0 Å². The minimum atomic E-state index is -0.710. The number of rotatable bonds is 3. The average Bonchev–Trinajstić information content (AvgIpc) is 3.24. The fourth-order valence-corrected chi connectivity index (χ4v) is 3.85.